The van der Waals surface area contributed by atoms with Crippen LogP contribution in [0, 0.1) is 0 Å². The minimum Gasteiger partial charge on any atom is -0.441 e. The van der Waals surface area contributed by atoms with E-state index in [0.29, 0.717) is 16.3 Å². The van der Waals surface area contributed by atoms with Crippen molar-refractivity contribution < 1.29 is 9.53 Å². The molecule has 172 valence electrons. The van der Waals surface area contributed by atoms with Crippen LogP contribution in [0.3, 0.4) is 0 Å². The largest absolute Gasteiger partial charge is 0.441 e. The van der Waals surface area contributed by atoms with Crippen molar-refractivity contribution in [2.45, 2.75) is 38.2 Å². The zero-order valence-electron chi connectivity index (χ0n) is 19.2. The van der Waals surface area contributed by atoms with E-state index in [2.05, 4.69) is 53.7 Å². The molecule has 1 saturated carbocycles. The van der Waals surface area contributed by atoms with Crippen molar-refractivity contribution in [1.82, 2.24) is 9.78 Å². The molecule has 1 atom stereocenters. The number of nitrogens with zero attached hydrogens (tertiary/aromatic N) is 2. The number of ether oxygens (including phenoxy) is 1. The molecular formula is C28H26ClN3O2. The summed E-state index contributed by atoms with van der Waals surface area (Å²) in [6, 6.07) is 26.0. The highest BCUT2D eigenvalue weighted by Gasteiger charge is 2.38. The number of amides is 1. The molecular weight excluding hydrogens is 446 g/mol. The lowest BCUT2D eigenvalue weighted by Gasteiger charge is -2.16. The van der Waals surface area contributed by atoms with E-state index in [1.165, 1.54) is 24.0 Å². The normalized spacial score (nSPS) is 14.9. The number of anilines is 1. The van der Waals surface area contributed by atoms with Crippen LogP contribution in [0.4, 0.5) is 10.6 Å². The Bertz CT molecular complexity index is 1310. The van der Waals surface area contributed by atoms with Gasteiger partial charge in [-0.3, -0.25) is 5.32 Å². The Morgan fingerprint density at radius 2 is 1.65 bits per heavy atom. The van der Waals surface area contributed by atoms with Gasteiger partial charge >= 0.3 is 6.09 Å². The number of hydrogen-bond donors (Lipinski definition) is 1. The molecule has 0 spiro atoms. The summed E-state index contributed by atoms with van der Waals surface area (Å²) in [7, 11) is 0. The molecule has 1 heterocycles. The molecule has 34 heavy (non-hydrogen) atoms. The molecule has 1 amide bonds. The average Bonchev–Trinajstić information content (AvgIpc) is 3.43. The molecule has 5 rings (SSSR count). The number of rotatable bonds is 6. The van der Waals surface area contributed by atoms with Gasteiger partial charge in [0.15, 0.2) is 0 Å². The highest BCUT2D eigenvalue weighted by atomic mass is 35.5. The molecule has 0 saturated heterocycles. The van der Waals surface area contributed by atoms with E-state index in [-0.39, 0.29) is 0 Å². The maximum Gasteiger partial charge on any atom is 0.413 e. The topological polar surface area (TPSA) is 56.1 Å². The second-order valence-electron chi connectivity index (χ2n) is 9.01. The monoisotopic (exact) mass is 471 g/mol. The molecule has 0 unspecified atom stereocenters. The van der Waals surface area contributed by atoms with Crippen LogP contribution in [0.15, 0.2) is 85.1 Å². The van der Waals surface area contributed by atoms with E-state index >= 15 is 0 Å². The minimum atomic E-state index is -0.574. The van der Waals surface area contributed by atoms with Crippen molar-refractivity contribution in [3.63, 3.8) is 0 Å². The Hall–Kier alpha value is -3.57. The third-order valence-corrected chi connectivity index (χ3v) is 6.87. The predicted molar refractivity (Wildman–Crippen MR) is 136 cm³/mol. The van der Waals surface area contributed by atoms with Crippen molar-refractivity contribution in [1.29, 1.82) is 0 Å². The molecule has 1 N–H and O–H groups in total. The minimum absolute atomic E-state index is 0.373. The molecule has 0 aliphatic heterocycles. The van der Waals surface area contributed by atoms with Gasteiger partial charge < -0.3 is 4.74 Å². The smallest absolute Gasteiger partial charge is 0.413 e. The molecule has 0 radical (unpaired) electrons. The van der Waals surface area contributed by atoms with Crippen molar-refractivity contribution in [3.8, 4) is 16.8 Å². The van der Waals surface area contributed by atoms with Crippen molar-refractivity contribution in [3.05, 3.63) is 101 Å². The second-order valence-corrected chi connectivity index (χ2v) is 9.41. The number of aromatic nitrogens is 2. The summed E-state index contributed by atoms with van der Waals surface area (Å²) in [5.41, 5.74) is 5.68. The van der Waals surface area contributed by atoms with E-state index in [1.807, 2.05) is 30.3 Å². The van der Waals surface area contributed by atoms with E-state index in [4.69, 9.17) is 16.3 Å². The number of nitrogens with one attached hydrogen (secondary N) is 1. The molecule has 6 heteroatoms. The van der Waals surface area contributed by atoms with Crippen molar-refractivity contribution >= 4 is 23.5 Å². The van der Waals surface area contributed by atoms with Crippen LogP contribution < -0.4 is 5.32 Å². The molecule has 3 aromatic carbocycles. The van der Waals surface area contributed by atoms with Gasteiger partial charge in [0.2, 0.25) is 0 Å². The Morgan fingerprint density at radius 1 is 1.00 bits per heavy atom. The van der Waals surface area contributed by atoms with Crippen LogP contribution >= 0.6 is 11.6 Å². The van der Waals surface area contributed by atoms with Crippen LogP contribution in [0.1, 0.15) is 43.9 Å². The van der Waals surface area contributed by atoms with Gasteiger partial charge in [0.1, 0.15) is 11.9 Å². The van der Waals surface area contributed by atoms with E-state index in [0.717, 1.165) is 16.8 Å². The summed E-state index contributed by atoms with van der Waals surface area (Å²) >= 11 is 6.21. The first-order valence-electron chi connectivity index (χ1n) is 11.4. The van der Waals surface area contributed by atoms with Gasteiger partial charge in [-0.2, -0.15) is 5.10 Å². The third kappa shape index (κ3) is 4.57. The summed E-state index contributed by atoms with van der Waals surface area (Å²) in [5.74, 6) is 0.520. The zero-order valence-corrected chi connectivity index (χ0v) is 19.9. The van der Waals surface area contributed by atoms with Gasteiger partial charge in [0, 0.05) is 16.7 Å². The fourth-order valence-electron chi connectivity index (χ4n) is 4.10. The second kappa shape index (κ2) is 8.99. The molecule has 1 aliphatic carbocycles. The Morgan fingerprint density at radius 3 is 2.29 bits per heavy atom. The maximum atomic E-state index is 12.5. The van der Waals surface area contributed by atoms with Gasteiger partial charge in [-0.25, -0.2) is 9.48 Å². The first-order chi connectivity index (χ1) is 16.4. The summed E-state index contributed by atoms with van der Waals surface area (Å²) < 4.78 is 7.19. The molecule has 1 aromatic heterocycles. The molecule has 1 fully saturated rings. The Kier molecular flexibility index (Phi) is 5.88. The fraction of sp³-hybridized carbons (Fsp3) is 0.214. The number of carbonyl (C=O) groups excluding carboxylic acids is 1. The third-order valence-electron chi connectivity index (χ3n) is 6.53. The number of halogens is 1. The SMILES string of the molecule is C[C@@H](OC(=O)Nc1ccnn1-c1ccc(-c2ccc(C3(C)CC3)cc2)cc1)c1ccccc1Cl. The van der Waals surface area contributed by atoms with Crippen LogP contribution in [0.25, 0.3) is 16.8 Å². The summed E-state index contributed by atoms with van der Waals surface area (Å²) in [6.07, 6.45) is 3.12. The highest BCUT2D eigenvalue weighted by Crippen LogP contribution is 2.47. The van der Waals surface area contributed by atoms with E-state index in [9.17, 15) is 4.79 Å². The van der Waals surface area contributed by atoms with Crippen LogP contribution in [-0.2, 0) is 10.2 Å². The summed E-state index contributed by atoms with van der Waals surface area (Å²) in [4.78, 5) is 12.5. The van der Waals surface area contributed by atoms with Gasteiger partial charge in [-0.1, -0.05) is 73.1 Å². The fourth-order valence-corrected chi connectivity index (χ4v) is 4.39. The predicted octanol–water partition coefficient (Wildman–Crippen LogP) is 7.55. The molecule has 1 aliphatic rings. The van der Waals surface area contributed by atoms with Crippen molar-refractivity contribution in [2.24, 2.45) is 0 Å². The molecule has 4 aromatic rings. The number of benzene rings is 3. The van der Waals surface area contributed by atoms with Crippen LogP contribution in [0.5, 0.6) is 0 Å². The summed E-state index contributed by atoms with van der Waals surface area (Å²) in [6.45, 7) is 4.11. The maximum absolute atomic E-state index is 12.5. The van der Waals surface area contributed by atoms with Gasteiger partial charge in [0.25, 0.3) is 0 Å². The first kappa shape index (κ1) is 22.2. The molecule has 5 nitrogen and oxygen atoms in total. The Balaban J connectivity index is 1.27. The summed E-state index contributed by atoms with van der Waals surface area (Å²) in [5, 5.41) is 7.70. The number of carbonyl (C=O) groups is 1. The van der Waals surface area contributed by atoms with Crippen molar-refractivity contribution in [2.75, 3.05) is 5.32 Å². The standard InChI is InChI=1S/C28H26ClN3O2/c1-19(24-5-3-4-6-25(24)29)34-27(33)31-26-15-18-30-32(26)23-13-9-21(10-14-23)20-7-11-22(12-8-20)28(2)16-17-28/h3-15,18-19H,16-17H2,1-2H3,(H,31,33)/t19-/m1/s1. The van der Waals surface area contributed by atoms with E-state index in [1.54, 1.807) is 29.9 Å². The van der Waals surface area contributed by atoms with Crippen LogP contribution in [0.2, 0.25) is 5.02 Å². The zero-order chi connectivity index (χ0) is 23.7. The van der Waals surface area contributed by atoms with Gasteiger partial charge in [-0.05, 0) is 60.1 Å². The lowest BCUT2D eigenvalue weighted by Crippen LogP contribution is -2.18. The Labute approximate surface area is 204 Å². The van der Waals surface area contributed by atoms with Crippen LogP contribution in [-0.4, -0.2) is 15.9 Å². The molecule has 0 bridgehead atoms. The lowest BCUT2D eigenvalue weighted by atomic mass is 9.95. The van der Waals surface area contributed by atoms with Gasteiger partial charge in [-0.15, -0.1) is 0 Å². The quantitative estimate of drug-likeness (QED) is 0.315. The number of hydrogen-bond acceptors (Lipinski definition) is 3. The van der Waals surface area contributed by atoms with E-state index < -0.39 is 12.2 Å². The van der Waals surface area contributed by atoms with Gasteiger partial charge in [0.05, 0.1) is 11.9 Å². The highest BCUT2D eigenvalue weighted by molar-refractivity contribution is 6.31. The average molecular weight is 472 g/mol. The lowest BCUT2D eigenvalue weighted by molar-refractivity contribution is 0.121. The first-order valence-corrected chi connectivity index (χ1v) is 11.8.